The molecule has 0 atom stereocenters. The SMILES string of the molecule is Cc1cc(N)ccc1SCc1nc(-c2ccccn2)no1. The molecule has 0 aliphatic heterocycles. The first-order valence-corrected chi connectivity index (χ1v) is 7.44. The molecule has 0 fully saturated rings. The lowest BCUT2D eigenvalue weighted by molar-refractivity contribution is 0.391. The summed E-state index contributed by atoms with van der Waals surface area (Å²) in [4.78, 5) is 9.71. The second-order valence-corrected chi connectivity index (χ2v) is 5.56. The molecule has 3 rings (SSSR count). The Morgan fingerprint density at radius 2 is 2.14 bits per heavy atom. The van der Waals surface area contributed by atoms with Gasteiger partial charge < -0.3 is 10.3 Å². The third kappa shape index (κ3) is 3.22. The minimum absolute atomic E-state index is 0.514. The average Bonchev–Trinajstić information content (AvgIpc) is 2.96. The van der Waals surface area contributed by atoms with E-state index in [-0.39, 0.29) is 0 Å². The van der Waals surface area contributed by atoms with Crippen LogP contribution in [0.25, 0.3) is 11.5 Å². The van der Waals surface area contributed by atoms with Crippen molar-refractivity contribution in [2.75, 3.05) is 5.73 Å². The van der Waals surface area contributed by atoms with Crippen LogP contribution >= 0.6 is 11.8 Å². The summed E-state index contributed by atoms with van der Waals surface area (Å²) in [5.74, 6) is 1.71. The Hall–Kier alpha value is -2.34. The molecule has 2 heterocycles. The predicted molar refractivity (Wildman–Crippen MR) is 82.7 cm³/mol. The summed E-state index contributed by atoms with van der Waals surface area (Å²) < 4.78 is 5.26. The molecule has 0 unspecified atom stereocenters. The molecular formula is C15H14N4OS. The van der Waals surface area contributed by atoms with E-state index in [0.29, 0.717) is 23.2 Å². The van der Waals surface area contributed by atoms with Crippen LogP contribution in [0.5, 0.6) is 0 Å². The highest BCUT2D eigenvalue weighted by Gasteiger charge is 2.10. The van der Waals surface area contributed by atoms with Gasteiger partial charge in [-0.1, -0.05) is 11.2 Å². The molecule has 0 radical (unpaired) electrons. The molecule has 21 heavy (non-hydrogen) atoms. The number of nitrogens with zero attached hydrogens (tertiary/aromatic N) is 3. The summed E-state index contributed by atoms with van der Waals surface area (Å²) in [6.07, 6.45) is 1.71. The van der Waals surface area contributed by atoms with Crippen molar-refractivity contribution in [1.29, 1.82) is 0 Å². The van der Waals surface area contributed by atoms with Gasteiger partial charge in [0.15, 0.2) is 0 Å². The van der Waals surface area contributed by atoms with Gasteiger partial charge in [0, 0.05) is 16.8 Å². The van der Waals surface area contributed by atoms with Crippen molar-refractivity contribution in [2.24, 2.45) is 0 Å². The van der Waals surface area contributed by atoms with Crippen LogP contribution in [-0.2, 0) is 5.75 Å². The molecule has 2 N–H and O–H groups in total. The molecule has 0 amide bonds. The molecule has 0 saturated carbocycles. The van der Waals surface area contributed by atoms with E-state index in [1.54, 1.807) is 18.0 Å². The maximum atomic E-state index is 5.75. The van der Waals surface area contributed by atoms with Crippen molar-refractivity contribution < 1.29 is 4.52 Å². The molecule has 0 bridgehead atoms. The van der Waals surface area contributed by atoms with Crippen LogP contribution in [0.4, 0.5) is 5.69 Å². The average molecular weight is 298 g/mol. The second-order valence-electron chi connectivity index (χ2n) is 4.54. The monoisotopic (exact) mass is 298 g/mol. The molecule has 0 saturated heterocycles. The van der Waals surface area contributed by atoms with E-state index in [0.717, 1.165) is 16.1 Å². The van der Waals surface area contributed by atoms with E-state index < -0.39 is 0 Å². The van der Waals surface area contributed by atoms with Crippen LogP contribution in [0.1, 0.15) is 11.5 Å². The van der Waals surface area contributed by atoms with E-state index in [2.05, 4.69) is 15.1 Å². The Balaban J connectivity index is 1.70. The summed E-state index contributed by atoms with van der Waals surface area (Å²) in [7, 11) is 0. The standard InChI is InChI=1S/C15H14N4OS/c1-10-8-11(16)5-6-13(10)21-9-14-18-15(19-20-14)12-4-2-3-7-17-12/h2-8H,9,16H2,1H3. The number of hydrogen-bond acceptors (Lipinski definition) is 6. The number of nitrogen functional groups attached to an aromatic ring is 1. The summed E-state index contributed by atoms with van der Waals surface area (Å²) in [6, 6.07) is 11.4. The van der Waals surface area contributed by atoms with Gasteiger partial charge in [-0.3, -0.25) is 4.98 Å². The topological polar surface area (TPSA) is 77.8 Å². The van der Waals surface area contributed by atoms with E-state index >= 15 is 0 Å². The summed E-state index contributed by atoms with van der Waals surface area (Å²) in [5.41, 5.74) is 8.37. The normalized spacial score (nSPS) is 10.7. The largest absolute Gasteiger partial charge is 0.399 e. The molecule has 106 valence electrons. The third-order valence-corrected chi connectivity index (χ3v) is 4.07. The number of aryl methyl sites for hydroxylation is 1. The first-order chi connectivity index (χ1) is 10.2. The molecule has 0 spiro atoms. The fourth-order valence-corrected chi connectivity index (χ4v) is 2.73. The number of hydrogen-bond donors (Lipinski definition) is 1. The van der Waals surface area contributed by atoms with Gasteiger partial charge >= 0.3 is 0 Å². The molecular weight excluding hydrogens is 284 g/mol. The van der Waals surface area contributed by atoms with Crippen molar-refractivity contribution in [3.8, 4) is 11.5 Å². The Kier molecular flexibility index (Phi) is 3.87. The van der Waals surface area contributed by atoms with E-state index in [9.17, 15) is 0 Å². The minimum atomic E-state index is 0.514. The lowest BCUT2D eigenvalue weighted by Gasteiger charge is -2.04. The Bertz CT molecular complexity index is 742. The number of rotatable bonds is 4. The zero-order valence-electron chi connectivity index (χ0n) is 11.5. The van der Waals surface area contributed by atoms with Gasteiger partial charge in [0.1, 0.15) is 5.69 Å². The fourth-order valence-electron chi connectivity index (χ4n) is 1.89. The fraction of sp³-hybridized carbons (Fsp3) is 0.133. The number of aromatic nitrogens is 3. The van der Waals surface area contributed by atoms with Gasteiger partial charge in [0.2, 0.25) is 11.7 Å². The van der Waals surface area contributed by atoms with Crippen LogP contribution in [0, 0.1) is 6.92 Å². The van der Waals surface area contributed by atoms with Crippen LogP contribution in [0.2, 0.25) is 0 Å². The Morgan fingerprint density at radius 3 is 2.90 bits per heavy atom. The summed E-state index contributed by atoms with van der Waals surface area (Å²) in [6.45, 7) is 2.03. The second kappa shape index (κ2) is 5.97. The number of benzene rings is 1. The van der Waals surface area contributed by atoms with E-state index in [1.165, 1.54) is 0 Å². The van der Waals surface area contributed by atoms with E-state index in [4.69, 9.17) is 10.3 Å². The van der Waals surface area contributed by atoms with Crippen LogP contribution in [0.15, 0.2) is 52.0 Å². The maximum Gasteiger partial charge on any atom is 0.237 e. The van der Waals surface area contributed by atoms with Crippen LogP contribution in [-0.4, -0.2) is 15.1 Å². The molecule has 2 aromatic heterocycles. The molecule has 0 aliphatic rings. The maximum absolute atomic E-state index is 5.75. The molecule has 0 aliphatic carbocycles. The first-order valence-electron chi connectivity index (χ1n) is 6.45. The van der Waals surface area contributed by atoms with Crippen LogP contribution < -0.4 is 5.73 Å². The summed E-state index contributed by atoms with van der Waals surface area (Å²) in [5, 5.41) is 3.95. The molecule has 5 nitrogen and oxygen atoms in total. The molecule has 1 aromatic carbocycles. The number of nitrogens with two attached hydrogens (primary N) is 1. The van der Waals surface area contributed by atoms with Gasteiger partial charge in [-0.2, -0.15) is 4.98 Å². The molecule has 6 heteroatoms. The highest BCUT2D eigenvalue weighted by molar-refractivity contribution is 7.98. The minimum Gasteiger partial charge on any atom is -0.399 e. The van der Waals surface area contributed by atoms with Crippen LogP contribution in [0.3, 0.4) is 0 Å². The quantitative estimate of drug-likeness (QED) is 0.588. The first kappa shape index (κ1) is 13.6. The number of pyridine rings is 1. The van der Waals surface area contributed by atoms with Crippen molar-refractivity contribution >= 4 is 17.4 Å². The molecule has 3 aromatic rings. The van der Waals surface area contributed by atoms with Gasteiger partial charge in [-0.25, -0.2) is 0 Å². The lowest BCUT2D eigenvalue weighted by Crippen LogP contribution is -1.88. The number of anilines is 1. The van der Waals surface area contributed by atoms with Gasteiger partial charge in [0.05, 0.1) is 5.75 Å². The van der Waals surface area contributed by atoms with Gasteiger partial charge in [-0.05, 0) is 42.8 Å². The van der Waals surface area contributed by atoms with Gasteiger partial charge in [-0.15, -0.1) is 11.8 Å². The Morgan fingerprint density at radius 1 is 1.24 bits per heavy atom. The van der Waals surface area contributed by atoms with Crippen molar-refractivity contribution in [1.82, 2.24) is 15.1 Å². The highest BCUT2D eigenvalue weighted by atomic mass is 32.2. The zero-order chi connectivity index (χ0) is 14.7. The Labute approximate surface area is 126 Å². The third-order valence-electron chi connectivity index (χ3n) is 2.91. The summed E-state index contributed by atoms with van der Waals surface area (Å²) >= 11 is 1.65. The predicted octanol–water partition coefficient (Wildman–Crippen LogP) is 3.31. The van der Waals surface area contributed by atoms with Crippen molar-refractivity contribution in [3.05, 3.63) is 54.0 Å². The number of thioether (sulfide) groups is 1. The van der Waals surface area contributed by atoms with Crippen molar-refractivity contribution in [3.63, 3.8) is 0 Å². The zero-order valence-corrected chi connectivity index (χ0v) is 12.3. The lowest BCUT2D eigenvalue weighted by atomic mass is 10.2. The smallest absolute Gasteiger partial charge is 0.237 e. The highest BCUT2D eigenvalue weighted by Crippen LogP contribution is 2.27. The van der Waals surface area contributed by atoms with Gasteiger partial charge in [0.25, 0.3) is 0 Å². The van der Waals surface area contributed by atoms with Crippen molar-refractivity contribution in [2.45, 2.75) is 17.6 Å². The van der Waals surface area contributed by atoms with E-state index in [1.807, 2.05) is 43.3 Å².